The number of urea groups is 1. The van der Waals surface area contributed by atoms with E-state index >= 15 is 0 Å². The second-order valence-electron chi connectivity index (χ2n) is 5.59. The molecule has 0 radical (unpaired) electrons. The Morgan fingerprint density at radius 2 is 1.42 bits per heavy atom. The molecule has 26 heavy (non-hydrogen) atoms. The smallest absolute Gasteiger partial charge is 0.323 e. The maximum atomic E-state index is 12.1. The van der Waals surface area contributed by atoms with Gasteiger partial charge in [0.15, 0.2) is 11.5 Å². The van der Waals surface area contributed by atoms with Crippen LogP contribution in [0.4, 0.5) is 16.2 Å². The molecule has 1 aliphatic rings. The Morgan fingerprint density at radius 1 is 0.769 bits per heavy atom. The van der Waals surface area contributed by atoms with Gasteiger partial charge in [-0.05, 0) is 48.5 Å². The fourth-order valence-electron chi connectivity index (χ4n) is 2.50. The molecule has 0 unspecified atom stereocenters. The van der Waals surface area contributed by atoms with Crippen LogP contribution in [0.25, 0.3) is 0 Å². The van der Waals surface area contributed by atoms with Crippen LogP contribution in [-0.2, 0) is 0 Å². The third kappa shape index (κ3) is 3.70. The third-order valence-corrected chi connectivity index (χ3v) is 3.72. The van der Waals surface area contributed by atoms with Crippen LogP contribution in [0.5, 0.6) is 23.0 Å². The molecule has 1 aliphatic heterocycles. The van der Waals surface area contributed by atoms with Crippen LogP contribution in [0, 0.1) is 0 Å². The van der Waals surface area contributed by atoms with Gasteiger partial charge < -0.3 is 24.8 Å². The van der Waals surface area contributed by atoms with Gasteiger partial charge in [0.2, 0.25) is 6.79 Å². The van der Waals surface area contributed by atoms with E-state index in [1.165, 1.54) is 0 Å². The van der Waals surface area contributed by atoms with Crippen LogP contribution >= 0.6 is 0 Å². The third-order valence-electron chi connectivity index (χ3n) is 3.72. The summed E-state index contributed by atoms with van der Waals surface area (Å²) < 4.78 is 16.3. The SMILES string of the molecule is O=C(Nc1ccc(Oc2ccccc2)cc1)Nc1ccc2c(c1)OCO2. The molecule has 2 amide bonds. The molecular weight excluding hydrogens is 332 g/mol. The van der Waals surface area contributed by atoms with Crippen LogP contribution in [-0.4, -0.2) is 12.8 Å². The van der Waals surface area contributed by atoms with Crippen molar-refractivity contribution in [2.45, 2.75) is 0 Å². The van der Waals surface area contributed by atoms with Crippen LogP contribution < -0.4 is 24.8 Å². The summed E-state index contributed by atoms with van der Waals surface area (Å²) in [7, 11) is 0. The van der Waals surface area contributed by atoms with Crippen molar-refractivity contribution in [1.29, 1.82) is 0 Å². The summed E-state index contributed by atoms with van der Waals surface area (Å²) in [6.45, 7) is 0.197. The lowest BCUT2D eigenvalue weighted by molar-refractivity contribution is 0.174. The quantitative estimate of drug-likeness (QED) is 0.707. The predicted molar refractivity (Wildman–Crippen MR) is 98.2 cm³/mol. The lowest BCUT2D eigenvalue weighted by Gasteiger charge is -2.09. The first-order valence-corrected chi connectivity index (χ1v) is 8.07. The van der Waals surface area contributed by atoms with E-state index < -0.39 is 0 Å². The highest BCUT2D eigenvalue weighted by atomic mass is 16.7. The molecule has 0 bridgehead atoms. The number of carbonyl (C=O) groups is 1. The van der Waals surface area contributed by atoms with E-state index in [1.807, 2.05) is 30.3 Å². The van der Waals surface area contributed by atoms with E-state index in [4.69, 9.17) is 14.2 Å². The molecule has 130 valence electrons. The Morgan fingerprint density at radius 3 is 2.23 bits per heavy atom. The van der Waals surface area contributed by atoms with Gasteiger partial charge >= 0.3 is 6.03 Å². The highest BCUT2D eigenvalue weighted by Gasteiger charge is 2.14. The fraction of sp³-hybridized carbons (Fsp3) is 0.0500. The van der Waals surface area contributed by atoms with Gasteiger partial charge in [0.25, 0.3) is 0 Å². The number of para-hydroxylation sites is 1. The molecule has 3 aromatic carbocycles. The first-order chi connectivity index (χ1) is 12.8. The number of ether oxygens (including phenoxy) is 3. The van der Waals surface area contributed by atoms with Crippen molar-refractivity contribution in [1.82, 2.24) is 0 Å². The highest BCUT2D eigenvalue weighted by Crippen LogP contribution is 2.34. The molecule has 6 nitrogen and oxygen atoms in total. The number of carbonyl (C=O) groups excluding carboxylic acids is 1. The average Bonchev–Trinajstić information content (AvgIpc) is 3.12. The summed E-state index contributed by atoms with van der Waals surface area (Å²) in [4.78, 5) is 12.1. The van der Waals surface area contributed by atoms with E-state index in [2.05, 4.69) is 10.6 Å². The summed E-state index contributed by atoms with van der Waals surface area (Å²) in [5, 5.41) is 5.53. The van der Waals surface area contributed by atoms with Crippen LogP contribution in [0.2, 0.25) is 0 Å². The Bertz CT molecular complexity index is 911. The minimum absolute atomic E-state index is 0.197. The Balaban J connectivity index is 1.35. The van der Waals surface area contributed by atoms with Gasteiger partial charge in [-0.3, -0.25) is 0 Å². The topological polar surface area (TPSA) is 68.8 Å². The zero-order valence-electron chi connectivity index (χ0n) is 13.8. The highest BCUT2D eigenvalue weighted by molar-refractivity contribution is 5.99. The maximum Gasteiger partial charge on any atom is 0.323 e. The zero-order valence-corrected chi connectivity index (χ0v) is 13.8. The van der Waals surface area contributed by atoms with Crippen molar-refractivity contribution in [2.24, 2.45) is 0 Å². The summed E-state index contributed by atoms with van der Waals surface area (Å²) >= 11 is 0. The first-order valence-electron chi connectivity index (χ1n) is 8.07. The van der Waals surface area contributed by atoms with Gasteiger partial charge in [-0.2, -0.15) is 0 Å². The van der Waals surface area contributed by atoms with Crippen molar-refractivity contribution < 1.29 is 19.0 Å². The van der Waals surface area contributed by atoms with Crippen molar-refractivity contribution in [2.75, 3.05) is 17.4 Å². The minimum atomic E-state index is -0.347. The molecule has 3 aromatic rings. The molecule has 0 aliphatic carbocycles. The van der Waals surface area contributed by atoms with E-state index in [-0.39, 0.29) is 12.8 Å². The van der Waals surface area contributed by atoms with E-state index in [9.17, 15) is 4.79 Å². The molecular formula is C20H16N2O4. The molecule has 6 heteroatoms. The first kappa shape index (κ1) is 15.8. The summed E-state index contributed by atoms with van der Waals surface area (Å²) in [6, 6.07) is 21.5. The second kappa shape index (κ2) is 7.06. The van der Waals surface area contributed by atoms with Gasteiger partial charge in [-0.1, -0.05) is 18.2 Å². The molecule has 4 rings (SSSR count). The zero-order chi connectivity index (χ0) is 17.8. The van der Waals surface area contributed by atoms with Gasteiger partial charge in [0, 0.05) is 17.4 Å². The second-order valence-corrected chi connectivity index (χ2v) is 5.59. The lowest BCUT2D eigenvalue weighted by atomic mass is 10.3. The number of rotatable bonds is 4. The molecule has 0 saturated heterocycles. The maximum absolute atomic E-state index is 12.1. The Kier molecular flexibility index (Phi) is 4.30. The fourth-order valence-corrected chi connectivity index (χ4v) is 2.50. The van der Waals surface area contributed by atoms with Crippen molar-refractivity contribution >= 4 is 17.4 Å². The number of amides is 2. The Labute approximate surface area is 150 Å². The van der Waals surface area contributed by atoms with Gasteiger partial charge in [-0.15, -0.1) is 0 Å². The van der Waals surface area contributed by atoms with E-state index in [0.29, 0.717) is 28.6 Å². The average molecular weight is 348 g/mol. The van der Waals surface area contributed by atoms with Crippen LogP contribution in [0.15, 0.2) is 72.8 Å². The van der Waals surface area contributed by atoms with Crippen LogP contribution in [0.3, 0.4) is 0 Å². The van der Waals surface area contributed by atoms with E-state index in [0.717, 1.165) is 5.75 Å². The molecule has 0 aromatic heterocycles. The molecule has 0 fully saturated rings. The predicted octanol–water partition coefficient (Wildman–Crippen LogP) is 4.85. The number of anilines is 2. The van der Waals surface area contributed by atoms with Crippen molar-refractivity contribution in [3.8, 4) is 23.0 Å². The molecule has 1 heterocycles. The number of hydrogen-bond donors (Lipinski definition) is 2. The van der Waals surface area contributed by atoms with Gasteiger partial charge in [0.05, 0.1) is 0 Å². The summed E-state index contributed by atoms with van der Waals surface area (Å²) in [5.74, 6) is 2.74. The summed E-state index contributed by atoms with van der Waals surface area (Å²) in [5.41, 5.74) is 1.28. The number of hydrogen-bond acceptors (Lipinski definition) is 4. The Hall–Kier alpha value is -3.67. The van der Waals surface area contributed by atoms with Crippen LogP contribution in [0.1, 0.15) is 0 Å². The monoisotopic (exact) mass is 348 g/mol. The van der Waals surface area contributed by atoms with Gasteiger partial charge in [-0.25, -0.2) is 4.79 Å². The number of benzene rings is 3. The van der Waals surface area contributed by atoms with Crippen molar-refractivity contribution in [3.05, 3.63) is 72.8 Å². The number of fused-ring (bicyclic) bond motifs is 1. The van der Waals surface area contributed by atoms with E-state index in [1.54, 1.807) is 42.5 Å². The normalized spacial score (nSPS) is 11.7. The van der Waals surface area contributed by atoms with Gasteiger partial charge in [0.1, 0.15) is 11.5 Å². The minimum Gasteiger partial charge on any atom is -0.457 e. The lowest BCUT2D eigenvalue weighted by Crippen LogP contribution is -2.19. The molecule has 0 saturated carbocycles. The summed E-state index contributed by atoms with van der Waals surface area (Å²) in [6.07, 6.45) is 0. The molecule has 0 atom stereocenters. The standard InChI is InChI=1S/C20H16N2O4/c23-20(22-15-8-11-18-19(12-15)25-13-24-18)21-14-6-9-17(10-7-14)26-16-4-2-1-3-5-16/h1-12H,13H2,(H2,21,22,23). The number of nitrogens with one attached hydrogen (secondary N) is 2. The molecule has 0 spiro atoms. The van der Waals surface area contributed by atoms with Crippen molar-refractivity contribution in [3.63, 3.8) is 0 Å². The molecule has 2 N–H and O–H groups in total. The largest absolute Gasteiger partial charge is 0.457 e.